The molecule has 2 aliphatic rings. The number of nitrogens with zero attached hydrogens (tertiary/aromatic N) is 1. The number of rotatable bonds is 4. The summed E-state index contributed by atoms with van der Waals surface area (Å²) in [6.07, 6.45) is 8.14. The van der Waals surface area contributed by atoms with Gasteiger partial charge in [-0.2, -0.15) is 0 Å². The Morgan fingerprint density at radius 1 is 1.48 bits per heavy atom. The van der Waals surface area contributed by atoms with Crippen molar-refractivity contribution in [3.8, 4) is 0 Å². The highest BCUT2D eigenvalue weighted by Crippen LogP contribution is 2.34. The van der Waals surface area contributed by atoms with E-state index in [2.05, 4.69) is 22.5 Å². The Balaban J connectivity index is 1.61. The van der Waals surface area contributed by atoms with Gasteiger partial charge in [0.1, 0.15) is 0 Å². The lowest BCUT2D eigenvalue weighted by Gasteiger charge is -2.21. The summed E-state index contributed by atoms with van der Waals surface area (Å²) in [4.78, 5) is 18.3. The van der Waals surface area contributed by atoms with E-state index < -0.39 is 0 Å². The maximum atomic E-state index is 12.3. The van der Waals surface area contributed by atoms with E-state index in [4.69, 9.17) is 0 Å². The first-order valence-electron chi connectivity index (χ1n) is 8.26. The molecule has 4 nitrogen and oxygen atoms in total. The molecule has 2 atom stereocenters. The summed E-state index contributed by atoms with van der Waals surface area (Å²) in [5, 5.41) is 7.15. The van der Waals surface area contributed by atoms with E-state index in [1.54, 1.807) is 11.3 Å². The summed E-state index contributed by atoms with van der Waals surface area (Å²) in [6, 6.07) is 0. The minimum Gasteiger partial charge on any atom is -0.316 e. The van der Waals surface area contributed by atoms with Crippen LogP contribution in [0.1, 0.15) is 49.6 Å². The number of aromatic nitrogens is 1. The molecule has 1 aliphatic carbocycles. The third-order valence-electron chi connectivity index (χ3n) is 4.64. The molecule has 2 unspecified atom stereocenters. The number of amides is 1. The van der Waals surface area contributed by atoms with Gasteiger partial charge < -0.3 is 10.6 Å². The summed E-state index contributed by atoms with van der Waals surface area (Å²) < 4.78 is 0. The van der Waals surface area contributed by atoms with Gasteiger partial charge in [-0.05, 0) is 44.6 Å². The summed E-state index contributed by atoms with van der Waals surface area (Å²) in [5.41, 5.74) is 1.23. The van der Waals surface area contributed by atoms with E-state index in [-0.39, 0.29) is 11.8 Å². The van der Waals surface area contributed by atoms with Crippen LogP contribution in [0.4, 0.5) is 5.13 Å². The van der Waals surface area contributed by atoms with Crippen LogP contribution in [0.15, 0.2) is 0 Å². The topological polar surface area (TPSA) is 54.0 Å². The minimum atomic E-state index is 0.104. The van der Waals surface area contributed by atoms with Gasteiger partial charge in [-0.3, -0.25) is 4.79 Å². The van der Waals surface area contributed by atoms with E-state index in [0.717, 1.165) is 49.8 Å². The average Bonchev–Trinajstić information content (AvgIpc) is 2.90. The number of carbonyl (C=O) groups is 1. The van der Waals surface area contributed by atoms with Crippen LogP contribution in [0.25, 0.3) is 0 Å². The molecule has 1 amide bonds. The first kappa shape index (κ1) is 15.0. The molecule has 2 N–H and O–H groups in total. The normalized spacial score (nSPS) is 25.4. The molecule has 0 aromatic carbocycles. The Bertz CT molecular complexity index is 494. The maximum absolute atomic E-state index is 12.3. The van der Waals surface area contributed by atoms with Crippen molar-refractivity contribution in [1.29, 1.82) is 0 Å². The smallest absolute Gasteiger partial charge is 0.230 e. The van der Waals surface area contributed by atoms with E-state index >= 15 is 0 Å². The number of fused-ring (bicyclic) bond motifs is 1. The van der Waals surface area contributed by atoms with Gasteiger partial charge >= 0.3 is 0 Å². The zero-order valence-corrected chi connectivity index (χ0v) is 13.6. The van der Waals surface area contributed by atoms with Crippen molar-refractivity contribution in [1.82, 2.24) is 10.3 Å². The SMILES string of the molecule is CCCC1CCc2nc(NC(=O)C3CCCNC3)sc2C1. The van der Waals surface area contributed by atoms with Gasteiger partial charge in [0, 0.05) is 11.4 Å². The number of anilines is 1. The highest BCUT2D eigenvalue weighted by atomic mass is 32.1. The predicted molar refractivity (Wildman–Crippen MR) is 86.8 cm³/mol. The zero-order valence-electron chi connectivity index (χ0n) is 12.8. The number of hydrogen-bond donors (Lipinski definition) is 2. The Morgan fingerprint density at radius 2 is 2.38 bits per heavy atom. The van der Waals surface area contributed by atoms with Gasteiger partial charge in [-0.15, -0.1) is 11.3 Å². The van der Waals surface area contributed by atoms with Crippen molar-refractivity contribution < 1.29 is 4.79 Å². The van der Waals surface area contributed by atoms with Crippen LogP contribution in [0.2, 0.25) is 0 Å². The highest BCUT2D eigenvalue weighted by Gasteiger charge is 2.25. The molecule has 1 fully saturated rings. The summed E-state index contributed by atoms with van der Waals surface area (Å²) >= 11 is 1.69. The fourth-order valence-corrected chi connectivity index (χ4v) is 4.56. The Labute approximate surface area is 130 Å². The molecule has 1 aromatic rings. The summed E-state index contributed by atoms with van der Waals surface area (Å²) in [6.45, 7) is 4.09. The maximum Gasteiger partial charge on any atom is 0.230 e. The number of thiazole rings is 1. The molecular formula is C16H25N3OS. The van der Waals surface area contributed by atoms with E-state index in [1.165, 1.54) is 29.8 Å². The second-order valence-corrected chi connectivity index (χ2v) is 7.40. The van der Waals surface area contributed by atoms with Crippen molar-refractivity contribution in [3.05, 3.63) is 10.6 Å². The molecule has 1 saturated heterocycles. The number of piperidine rings is 1. The summed E-state index contributed by atoms with van der Waals surface area (Å²) in [7, 11) is 0. The average molecular weight is 307 g/mol. The first-order chi connectivity index (χ1) is 10.3. The van der Waals surface area contributed by atoms with Gasteiger partial charge in [-0.1, -0.05) is 19.8 Å². The van der Waals surface area contributed by atoms with Crippen LogP contribution < -0.4 is 10.6 Å². The molecule has 0 spiro atoms. The molecule has 0 bridgehead atoms. The first-order valence-corrected chi connectivity index (χ1v) is 9.08. The molecule has 21 heavy (non-hydrogen) atoms. The molecule has 116 valence electrons. The van der Waals surface area contributed by atoms with Crippen LogP contribution in [-0.4, -0.2) is 24.0 Å². The van der Waals surface area contributed by atoms with Gasteiger partial charge in [-0.25, -0.2) is 4.98 Å². The van der Waals surface area contributed by atoms with Crippen LogP contribution in [0.5, 0.6) is 0 Å². The standard InChI is InChI=1S/C16H25N3OS/c1-2-4-11-6-7-13-14(9-11)21-16(18-13)19-15(20)12-5-3-8-17-10-12/h11-12,17H,2-10H2,1H3,(H,18,19,20). The van der Waals surface area contributed by atoms with Crippen LogP contribution in [-0.2, 0) is 17.6 Å². The van der Waals surface area contributed by atoms with Crippen molar-refractivity contribution in [3.63, 3.8) is 0 Å². The lowest BCUT2D eigenvalue weighted by molar-refractivity contribution is -0.120. The second kappa shape index (κ2) is 6.88. The van der Waals surface area contributed by atoms with Crippen LogP contribution in [0.3, 0.4) is 0 Å². The Morgan fingerprint density at radius 3 is 3.14 bits per heavy atom. The molecule has 0 saturated carbocycles. The Kier molecular flexibility index (Phi) is 4.91. The van der Waals surface area contributed by atoms with Crippen molar-refractivity contribution >= 4 is 22.4 Å². The number of aryl methyl sites for hydroxylation is 1. The molecule has 1 aromatic heterocycles. The third-order valence-corrected chi connectivity index (χ3v) is 5.67. The van der Waals surface area contributed by atoms with Crippen molar-refractivity contribution in [2.75, 3.05) is 18.4 Å². The molecule has 3 rings (SSSR count). The number of carbonyl (C=O) groups excluding carboxylic acids is 1. The fourth-order valence-electron chi connectivity index (χ4n) is 3.43. The quantitative estimate of drug-likeness (QED) is 0.899. The largest absolute Gasteiger partial charge is 0.316 e. The number of nitrogens with one attached hydrogen (secondary N) is 2. The molecular weight excluding hydrogens is 282 g/mol. The summed E-state index contributed by atoms with van der Waals surface area (Å²) in [5.74, 6) is 1.06. The lowest BCUT2D eigenvalue weighted by Crippen LogP contribution is -2.37. The molecule has 5 heteroatoms. The van der Waals surface area contributed by atoms with E-state index in [0.29, 0.717) is 0 Å². The van der Waals surface area contributed by atoms with Crippen LogP contribution in [0, 0.1) is 11.8 Å². The fraction of sp³-hybridized carbons (Fsp3) is 0.750. The molecule has 0 radical (unpaired) electrons. The van der Waals surface area contributed by atoms with Crippen LogP contribution >= 0.6 is 11.3 Å². The predicted octanol–water partition coefficient (Wildman–Crippen LogP) is 2.99. The van der Waals surface area contributed by atoms with Gasteiger partial charge in [0.15, 0.2) is 5.13 Å². The highest BCUT2D eigenvalue weighted by molar-refractivity contribution is 7.15. The van der Waals surface area contributed by atoms with Gasteiger partial charge in [0.25, 0.3) is 0 Å². The van der Waals surface area contributed by atoms with Crippen molar-refractivity contribution in [2.24, 2.45) is 11.8 Å². The monoisotopic (exact) mass is 307 g/mol. The second-order valence-electron chi connectivity index (χ2n) is 6.32. The number of hydrogen-bond acceptors (Lipinski definition) is 4. The van der Waals surface area contributed by atoms with E-state index in [9.17, 15) is 4.79 Å². The lowest BCUT2D eigenvalue weighted by atomic mass is 9.88. The molecule has 2 heterocycles. The third kappa shape index (κ3) is 3.64. The Hall–Kier alpha value is -0.940. The van der Waals surface area contributed by atoms with Gasteiger partial charge in [0.05, 0.1) is 11.6 Å². The van der Waals surface area contributed by atoms with Gasteiger partial charge in [0.2, 0.25) is 5.91 Å². The minimum absolute atomic E-state index is 0.104. The van der Waals surface area contributed by atoms with E-state index in [1.807, 2.05) is 0 Å². The molecule has 1 aliphatic heterocycles. The van der Waals surface area contributed by atoms with Crippen molar-refractivity contribution in [2.45, 2.75) is 51.9 Å². The zero-order chi connectivity index (χ0) is 14.7.